The summed E-state index contributed by atoms with van der Waals surface area (Å²) in [4.78, 5) is 12.4. The van der Waals surface area contributed by atoms with E-state index in [-0.39, 0.29) is 12.6 Å². The van der Waals surface area contributed by atoms with E-state index in [0.29, 0.717) is 6.54 Å². The highest BCUT2D eigenvalue weighted by Crippen LogP contribution is 2.21. The predicted octanol–water partition coefficient (Wildman–Crippen LogP) is 0.215. The minimum Gasteiger partial charge on any atom is -0.395 e. The maximum atomic E-state index is 10.5. The fourth-order valence-corrected chi connectivity index (χ4v) is 2.03. The number of aliphatic hydroxyl groups excluding tert-OH is 1. The Balaban J connectivity index is 2.22. The van der Waals surface area contributed by atoms with Crippen LogP contribution in [0.25, 0.3) is 0 Å². The molecule has 3 nitrogen and oxygen atoms in total. The zero-order chi connectivity index (χ0) is 10.7. The van der Waals surface area contributed by atoms with Crippen LogP contribution in [0.15, 0.2) is 24.3 Å². The van der Waals surface area contributed by atoms with E-state index in [4.69, 9.17) is 0 Å². The molecule has 0 spiro atoms. The molecule has 0 fully saturated rings. The highest BCUT2D eigenvalue weighted by atomic mass is 16.3. The summed E-state index contributed by atoms with van der Waals surface area (Å²) in [6.07, 6.45) is 1.58. The van der Waals surface area contributed by atoms with Crippen molar-refractivity contribution in [3.63, 3.8) is 0 Å². The number of rotatable bonds is 3. The molecular formula is C11H13BNO2. The lowest BCUT2D eigenvalue weighted by Gasteiger charge is -2.34. The molecule has 0 saturated carbocycles. The standard InChI is InChI=1S/C11H13BNO2/c14-7-11-5-9-3-1-2-4-10(9)6-13(11)12-8-15/h1-4,8,11,14H,5-7H2/t11-/m1/s1. The lowest BCUT2D eigenvalue weighted by molar-refractivity contribution is 0.175. The van der Waals surface area contributed by atoms with E-state index in [9.17, 15) is 9.90 Å². The molecule has 1 radical (unpaired) electrons. The van der Waals surface area contributed by atoms with Crippen LogP contribution in [0.2, 0.25) is 0 Å². The van der Waals surface area contributed by atoms with E-state index >= 15 is 0 Å². The predicted molar refractivity (Wildman–Crippen MR) is 59.1 cm³/mol. The smallest absolute Gasteiger partial charge is 0.293 e. The maximum absolute atomic E-state index is 10.5. The minimum absolute atomic E-state index is 0.0325. The highest BCUT2D eigenvalue weighted by molar-refractivity contribution is 6.64. The molecule has 15 heavy (non-hydrogen) atoms. The SMILES string of the molecule is O=C[B]N1Cc2ccccc2C[C@@H]1CO. The Labute approximate surface area is 90.0 Å². The van der Waals surface area contributed by atoms with Crippen molar-refractivity contribution in [2.45, 2.75) is 19.0 Å². The normalized spacial score (nSPS) is 20.7. The Bertz CT molecular complexity index is 356. The summed E-state index contributed by atoms with van der Waals surface area (Å²) in [6, 6.07) is 8.18. The second-order valence-corrected chi connectivity index (χ2v) is 3.77. The lowest BCUT2D eigenvalue weighted by atomic mass is 9.84. The highest BCUT2D eigenvalue weighted by Gasteiger charge is 2.24. The third-order valence-corrected chi connectivity index (χ3v) is 2.86. The van der Waals surface area contributed by atoms with Crippen molar-refractivity contribution in [2.24, 2.45) is 0 Å². The van der Waals surface area contributed by atoms with Gasteiger partial charge < -0.3 is 14.7 Å². The lowest BCUT2D eigenvalue weighted by Crippen LogP contribution is -2.45. The molecule has 0 aliphatic carbocycles. The Kier molecular flexibility index (Phi) is 3.19. The second kappa shape index (κ2) is 4.60. The number of carbonyl (C=O) groups excluding carboxylic acids is 1. The molecule has 1 N–H and O–H groups in total. The van der Waals surface area contributed by atoms with E-state index in [0.717, 1.165) is 12.6 Å². The zero-order valence-corrected chi connectivity index (χ0v) is 8.47. The fourth-order valence-electron chi connectivity index (χ4n) is 2.03. The van der Waals surface area contributed by atoms with E-state index < -0.39 is 0 Å². The molecule has 0 bridgehead atoms. The summed E-state index contributed by atoms with van der Waals surface area (Å²) in [6.45, 7) is 0.790. The largest absolute Gasteiger partial charge is 0.395 e. The number of benzene rings is 1. The van der Waals surface area contributed by atoms with Crippen LogP contribution in [-0.2, 0) is 17.8 Å². The summed E-state index contributed by atoms with van der Waals surface area (Å²) in [5.41, 5.74) is 2.51. The number of fused-ring (bicyclic) bond motifs is 1. The van der Waals surface area contributed by atoms with Gasteiger partial charge in [0, 0.05) is 12.6 Å². The molecule has 1 aliphatic rings. The van der Waals surface area contributed by atoms with Gasteiger partial charge in [0.05, 0.1) is 12.8 Å². The molecular weight excluding hydrogens is 189 g/mol. The summed E-state index contributed by atoms with van der Waals surface area (Å²) in [5.74, 6) is 0. The first-order valence-corrected chi connectivity index (χ1v) is 5.07. The molecule has 2 rings (SSSR count). The first-order valence-electron chi connectivity index (χ1n) is 5.07. The van der Waals surface area contributed by atoms with Crippen molar-refractivity contribution in [2.75, 3.05) is 6.61 Å². The van der Waals surface area contributed by atoms with Crippen LogP contribution in [0.1, 0.15) is 11.1 Å². The molecule has 0 unspecified atom stereocenters. The fraction of sp³-hybridized carbons (Fsp3) is 0.364. The molecule has 1 aromatic carbocycles. The van der Waals surface area contributed by atoms with Crippen LogP contribution in [0.4, 0.5) is 0 Å². The monoisotopic (exact) mass is 202 g/mol. The van der Waals surface area contributed by atoms with E-state index in [1.54, 1.807) is 0 Å². The Morgan fingerprint density at radius 2 is 2.20 bits per heavy atom. The third-order valence-electron chi connectivity index (χ3n) is 2.86. The molecule has 1 aliphatic heterocycles. The van der Waals surface area contributed by atoms with E-state index in [1.165, 1.54) is 18.5 Å². The van der Waals surface area contributed by atoms with Gasteiger partial charge in [-0.2, -0.15) is 0 Å². The van der Waals surface area contributed by atoms with Crippen molar-refractivity contribution in [3.05, 3.63) is 35.4 Å². The quantitative estimate of drug-likeness (QED) is 0.562. The Hall–Kier alpha value is -1.13. The van der Waals surface area contributed by atoms with Crippen LogP contribution >= 0.6 is 0 Å². The Morgan fingerprint density at radius 1 is 1.47 bits per heavy atom. The van der Waals surface area contributed by atoms with Crippen LogP contribution in [0, 0.1) is 0 Å². The van der Waals surface area contributed by atoms with Gasteiger partial charge in [-0.1, -0.05) is 24.3 Å². The molecule has 4 heteroatoms. The summed E-state index contributed by atoms with van der Waals surface area (Å²) < 4.78 is 0. The molecule has 1 aromatic rings. The van der Waals surface area contributed by atoms with Gasteiger partial charge in [-0.3, -0.25) is 0 Å². The van der Waals surface area contributed by atoms with Gasteiger partial charge in [-0.15, -0.1) is 0 Å². The molecule has 0 amide bonds. The van der Waals surface area contributed by atoms with Crippen molar-refractivity contribution in [3.8, 4) is 0 Å². The topological polar surface area (TPSA) is 40.5 Å². The van der Waals surface area contributed by atoms with Crippen molar-refractivity contribution < 1.29 is 9.90 Å². The number of hydrogen-bond acceptors (Lipinski definition) is 3. The van der Waals surface area contributed by atoms with Crippen molar-refractivity contribution in [1.82, 2.24) is 4.81 Å². The van der Waals surface area contributed by atoms with Gasteiger partial charge in [0.2, 0.25) is 0 Å². The Morgan fingerprint density at radius 3 is 2.87 bits per heavy atom. The zero-order valence-electron chi connectivity index (χ0n) is 8.47. The molecule has 1 atom stereocenters. The van der Waals surface area contributed by atoms with Crippen LogP contribution < -0.4 is 0 Å². The summed E-state index contributed by atoms with van der Waals surface area (Å²) in [5, 5.41) is 9.24. The number of nitrogens with zero attached hydrogens (tertiary/aromatic N) is 1. The van der Waals surface area contributed by atoms with E-state index in [2.05, 4.69) is 12.1 Å². The van der Waals surface area contributed by atoms with Crippen molar-refractivity contribution in [1.29, 1.82) is 0 Å². The molecule has 0 aromatic heterocycles. The first kappa shape index (κ1) is 10.4. The van der Waals surface area contributed by atoms with Gasteiger partial charge in [0.1, 0.15) is 0 Å². The van der Waals surface area contributed by atoms with Gasteiger partial charge in [0.15, 0.2) is 0 Å². The first-order chi connectivity index (χ1) is 7.35. The second-order valence-electron chi connectivity index (χ2n) is 3.77. The van der Waals surface area contributed by atoms with Gasteiger partial charge in [-0.25, -0.2) is 0 Å². The van der Waals surface area contributed by atoms with E-state index in [1.807, 2.05) is 16.9 Å². The van der Waals surface area contributed by atoms with Gasteiger partial charge in [0.25, 0.3) is 7.41 Å². The number of aliphatic hydroxyl groups is 1. The van der Waals surface area contributed by atoms with Gasteiger partial charge >= 0.3 is 0 Å². The van der Waals surface area contributed by atoms with Gasteiger partial charge in [-0.05, 0) is 17.5 Å². The van der Waals surface area contributed by atoms with Crippen LogP contribution in [-0.4, -0.2) is 36.2 Å². The van der Waals surface area contributed by atoms with Crippen molar-refractivity contribution >= 4 is 13.6 Å². The minimum atomic E-state index is 0.0325. The summed E-state index contributed by atoms with van der Waals surface area (Å²) in [7, 11) is 1.51. The molecule has 77 valence electrons. The molecule has 0 saturated heterocycles. The maximum Gasteiger partial charge on any atom is 0.293 e. The number of hydrogen-bond donors (Lipinski definition) is 1. The number of carbonyl (C=O) groups is 1. The van der Waals surface area contributed by atoms with Crippen LogP contribution in [0.5, 0.6) is 0 Å². The summed E-state index contributed by atoms with van der Waals surface area (Å²) >= 11 is 0. The third kappa shape index (κ3) is 2.11. The average Bonchev–Trinajstić information content (AvgIpc) is 2.28. The molecule has 1 heterocycles. The average molecular weight is 202 g/mol. The van der Waals surface area contributed by atoms with Crippen LogP contribution in [0.3, 0.4) is 0 Å².